The molecule has 166 valence electrons. The van der Waals surface area contributed by atoms with E-state index in [1.54, 1.807) is 17.8 Å². The number of imidazole rings is 1. The number of allylic oxidation sites excluding steroid dienone is 4. The molecule has 3 N–H and O–H groups in total. The van der Waals surface area contributed by atoms with E-state index in [4.69, 9.17) is 10.2 Å². The summed E-state index contributed by atoms with van der Waals surface area (Å²) in [6.45, 7) is 3.14. The van der Waals surface area contributed by atoms with Gasteiger partial charge in [0.15, 0.2) is 0 Å². The third-order valence-corrected chi connectivity index (χ3v) is 6.05. The first-order valence-corrected chi connectivity index (χ1v) is 11.1. The van der Waals surface area contributed by atoms with Gasteiger partial charge >= 0.3 is 0 Å². The molecular weight excluding hydrogens is 400 g/mol. The molecule has 2 heterocycles. The molecule has 6 heteroatoms. The average Bonchev–Trinajstić information content (AvgIpc) is 3.18. The first kappa shape index (κ1) is 22.1. The van der Waals surface area contributed by atoms with E-state index < -0.39 is 6.23 Å². The third kappa shape index (κ3) is 5.40. The number of benzene rings is 1. The molecular formula is C26H30N4O2. The van der Waals surface area contributed by atoms with Gasteiger partial charge < -0.3 is 14.9 Å². The number of fused-ring (bicyclic) bond motifs is 1. The van der Waals surface area contributed by atoms with Crippen LogP contribution in [0.1, 0.15) is 30.3 Å². The number of aliphatic hydroxyl groups excluding tert-OH is 1. The predicted molar refractivity (Wildman–Crippen MR) is 127 cm³/mol. The lowest BCUT2D eigenvalue weighted by Gasteiger charge is -2.21. The highest BCUT2D eigenvalue weighted by molar-refractivity contribution is 5.79. The number of aryl methyl sites for hydroxylation is 2. The van der Waals surface area contributed by atoms with Gasteiger partial charge in [0.05, 0.1) is 11.0 Å². The maximum Gasteiger partial charge on any atom is 0.146 e. The van der Waals surface area contributed by atoms with Crippen molar-refractivity contribution in [3.05, 3.63) is 90.1 Å². The lowest BCUT2D eigenvalue weighted by molar-refractivity contribution is 0.0323. The lowest BCUT2D eigenvalue weighted by Crippen LogP contribution is -2.21. The van der Waals surface area contributed by atoms with Gasteiger partial charge in [-0.25, -0.2) is 4.98 Å². The van der Waals surface area contributed by atoms with Gasteiger partial charge in [-0.1, -0.05) is 49.4 Å². The molecule has 0 fully saturated rings. The second-order valence-corrected chi connectivity index (χ2v) is 8.37. The highest BCUT2D eigenvalue weighted by Crippen LogP contribution is 2.27. The van der Waals surface area contributed by atoms with Crippen molar-refractivity contribution < 1.29 is 10.3 Å². The van der Waals surface area contributed by atoms with E-state index in [0.29, 0.717) is 11.8 Å². The monoisotopic (exact) mass is 430 g/mol. The van der Waals surface area contributed by atoms with E-state index in [-0.39, 0.29) is 0 Å². The second kappa shape index (κ2) is 10.5. The van der Waals surface area contributed by atoms with Crippen LogP contribution in [0.4, 0.5) is 0 Å². The standard InChI is InChI=1S/C26H30N4O2/c1-19(22-7-3-2-4-8-22)16-25-28-23-17-20(10-12-26(31)29-32)9-11-24(23)30(25)15-13-21-6-5-14-27-18-21/h2-7,9-12,14,17-19,22,26,29,31-32H,8,13,15-16H2,1H3/b12-10+. The molecule has 32 heavy (non-hydrogen) atoms. The summed E-state index contributed by atoms with van der Waals surface area (Å²) in [7, 11) is 0. The van der Waals surface area contributed by atoms with Gasteiger partial charge in [0, 0.05) is 25.4 Å². The number of nitrogens with one attached hydrogen (secondary N) is 1. The van der Waals surface area contributed by atoms with Gasteiger partial charge in [-0.3, -0.25) is 4.98 Å². The minimum atomic E-state index is -1.10. The molecule has 0 spiro atoms. The van der Waals surface area contributed by atoms with Crippen LogP contribution in [-0.2, 0) is 19.4 Å². The van der Waals surface area contributed by atoms with E-state index in [9.17, 15) is 5.11 Å². The number of nitrogens with zero attached hydrogens (tertiary/aromatic N) is 3. The zero-order valence-electron chi connectivity index (χ0n) is 18.3. The molecule has 6 nitrogen and oxygen atoms in total. The lowest BCUT2D eigenvalue weighted by atomic mass is 9.86. The Balaban J connectivity index is 1.62. The molecule has 1 aliphatic carbocycles. The summed E-state index contributed by atoms with van der Waals surface area (Å²) >= 11 is 0. The van der Waals surface area contributed by atoms with Crippen molar-refractivity contribution in [2.24, 2.45) is 11.8 Å². The number of hydroxylamine groups is 1. The third-order valence-electron chi connectivity index (χ3n) is 6.05. The Morgan fingerprint density at radius 1 is 1.28 bits per heavy atom. The van der Waals surface area contributed by atoms with Gasteiger partial charge in [-0.2, -0.15) is 5.48 Å². The van der Waals surface area contributed by atoms with E-state index in [1.165, 1.54) is 11.6 Å². The number of aromatic nitrogens is 3. The molecule has 0 saturated heterocycles. The minimum absolute atomic E-state index is 0.482. The number of rotatable bonds is 9. The van der Waals surface area contributed by atoms with Gasteiger partial charge in [-0.05, 0) is 60.1 Å². The first-order valence-electron chi connectivity index (χ1n) is 11.1. The molecule has 0 amide bonds. The predicted octanol–water partition coefficient (Wildman–Crippen LogP) is 4.30. The van der Waals surface area contributed by atoms with Crippen LogP contribution in [0.3, 0.4) is 0 Å². The quantitative estimate of drug-likeness (QED) is 0.348. The summed E-state index contributed by atoms with van der Waals surface area (Å²) in [5.74, 6) is 2.10. The van der Waals surface area contributed by atoms with Crippen LogP contribution >= 0.6 is 0 Å². The van der Waals surface area contributed by atoms with Crippen LogP contribution in [0.25, 0.3) is 17.1 Å². The SMILES string of the molecule is CC(Cc1nc2cc(/C=C/C(O)NO)ccc2n1CCc1cccnc1)C1C=CC=CC1. The molecule has 4 rings (SSSR count). The fraction of sp³-hybridized carbons (Fsp3) is 0.308. The Morgan fingerprint density at radius 2 is 2.19 bits per heavy atom. The molecule has 0 bridgehead atoms. The molecule has 1 aromatic carbocycles. The molecule has 3 unspecified atom stereocenters. The number of pyridine rings is 1. The van der Waals surface area contributed by atoms with E-state index in [1.807, 2.05) is 24.4 Å². The van der Waals surface area contributed by atoms with Crippen molar-refractivity contribution in [1.82, 2.24) is 20.0 Å². The van der Waals surface area contributed by atoms with Crippen molar-refractivity contribution in [3.63, 3.8) is 0 Å². The second-order valence-electron chi connectivity index (χ2n) is 8.37. The van der Waals surface area contributed by atoms with Crippen LogP contribution in [0.15, 0.2) is 73.1 Å². The first-order chi connectivity index (χ1) is 15.6. The number of aliphatic hydroxyl groups is 1. The molecule has 0 aliphatic heterocycles. The minimum Gasteiger partial charge on any atom is -0.373 e. The molecule has 0 saturated carbocycles. The van der Waals surface area contributed by atoms with Crippen molar-refractivity contribution >= 4 is 17.1 Å². The van der Waals surface area contributed by atoms with Crippen molar-refractivity contribution in [1.29, 1.82) is 0 Å². The smallest absolute Gasteiger partial charge is 0.146 e. The highest BCUT2D eigenvalue weighted by atomic mass is 16.5. The van der Waals surface area contributed by atoms with Crippen LogP contribution in [0, 0.1) is 11.8 Å². The van der Waals surface area contributed by atoms with Gasteiger partial charge in [0.25, 0.3) is 0 Å². The normalized spacial score (nSPS) is 17.9. The summed E-state index contributed by atoms with van der Waals surface area (Å²) in [6.07, 6.45) is 17.5. The van der Waals surface area contributed by atoms with Gasteiger partial charge in [0.2, 0.25) is 0 Å². The Labute approximate surface area is 188 Å². The van der Waals surface area contributed by atoms with Gasteiger partial charge in [0.1, 0.15) is 12.1 Å². The molecule has 2 aromatic heterocycles. The zero-order chi connectivity index (χ0) is 22.3. The van der Waals surface area contributed by atoms with Crippen LogP contribution in [0.5, 0.6) is 0 Å². The van der Waals surface area contributed by atoms with Crippen molar-refractivity contribution in [3.8, 4) is 0 Å². The summed E-state index contributed by atoms with van der Waals surface area (Å²) in [5.41, 5.74) is 5.97. The van der Waals surface area contributed by atoms with Crippen LogP contribution in [-0.4, -0.2) is 31.1 Å². The summed E-state index contributed by atoms with van der Waals surface area (Å²) < 4.78 is 2.33. The Bertz CT molecular complexity index is 1120. The Hall–Kier alpha value is -3.06. The summed E-state index contributed by atoms with van der Waals surface area (Å²) in [4.78, 5) is 9.25. The average molecular weight is 431 g/mol. The summed E-state index contributed by atoms with van der Waals surface area (Å²) in [6, 6.07) is 10.2. The fourth-order valence-electron chi connectivity index (χ4n) is 4.20. The topological polar surface area (TPSA) is 83.2 Å². The zero-order valence-corrected chi connectivity index (χ0v) is 18.3. The largest absolute Gasteiger partial charge is 0.373 e. The molecule has 0 radical (unpaired) electrons. The van der Waals surface area contributed by atoms with Crippen LogP contribution < -0.4 is 5.48 Å². The van der Waals surface area contributed by atoms with Gasteiger partial charge in [-0.15, -0.1) is 0 Å². The number of hydrogen-bond acceptors (Lipinski definition) is 5. The Kier molecular flexibility index (Phi) is 7.27. The van der Waals surface area contributed by atoms with E-state index >= 15 is 0 Å². The Morgan fingerprint density at radius 3 is 2.94 bits per heavy atom. The van der Waals surface area contributed by atoms with E-state index in [0.717, 1.165) is 48.2 Å². The molecule has 3 atom stereocenters. The van der Waals surface area contributed by atoms with E-state index in [2.05, 4.69) is 52.9 Å². The highest BCUT2D eigenvalue weighted by Gasteiger charge is 2.19. The van der Waals surface area contributed by atoms with Crippen molar-refractivity contribution in [2.45, 2.75) is 39.0 Å². The maximum absolute atomic E-state index is 9.50. The summed E-state index contributed by atoms with van der Waals surface area (Å²) in [5, 5.41) is 18.3. The van der Waals surface area contributed by atoms with Crippen molar-refractivity contribution in [2.75, 3.05) is 0 Å². The van der Waals surface area contributed by atoms with Crippen LogP contribution in [0.2, 0.25) is 0 Å². The molecule has 1 aliphatic rings. The maximum atomic E-state index is 9.50. The number of hydrogen-bond donors (Lipinski definition) is 3. The molecule has 3 aromatic rings. The fourth-order valence-corrected chi connectivity index (χ4v) is 4.20.